The molecule has 0 saturated heterocycles. The summed E-state index contributed by atoms with van der Waals surface area (Å²) in [6, 6.07) is 0. The average Bonchev–Trinajstić information content (AvgIpc) is 3.31. The van der Waals surface area contributed by atoms with Crippen LogP contribution in [0.15, 0.2) is 109 Å². The maximum absolute atomic E-state index is 12.8. The van der Waals surface area contributed by atoms with Crippen LogP contribution < -0.4 is 0 Å². The van der Waals surface area contributed by atoms with Crippen molar-refractivity contribution in [1.29, 1.82) is 0 Å². The average molecular weight is 915 g/mol. The monoisotopic (exact) mass is 915 g/mol. The summed E-state index contributed by atoms with van der Waals surface area (Å²) < 4.78 is 16.8. The Bertz CT molecular complexity index is 1370. The molecular formula is C60H98O6. The summed E-state index contributed by atoms with van der Waals surface area (Å²) in [7, 11) is 0. The van der Waals surface area contributed by atoms with Crippen LogP contribution in [0, 0.1) is 0 Å². The van der Waals surface area contributed by atoms with Gasteiger partial charge < -0.3 is 14.2 Å². The third-order valence-corrected chi connectivity index (χ3v) is 11.0. The minimum absolute atomic E-state index is 0.105. The zero-order valence-electron chi connectivity index (χ0n) is 42.7. The normalized spacial score (nSPS) is 13.0. The number of carbonyl (C=O) groups excluding carboxylic acids is 3. The van der Waals surface area contributed by atoms with Gasteiger partial charge in [-0.1, -0.05) is 226 Å². The molecule has 0 N–H and O–H groups in total. The first-order valence-electron chi connectivity index (χ1n) is 26.9. The zero-order chi connectivity index (χ0) is 47.9. The molecule has 0 aromatic carbocycles. The van der Waals surface area contributed by atoms with Gasteiger partial charge in [-0.05, 0) is 96.3 Å². The third kappa shape index (κ3) is 51.1. The van der Waals surface area contributed by atoms with Crippen LogP contribution in [0.2, 0.25) is 0 Å². The van der Waals surface area contributed by atoms with Crippen molar-refractivity contribution in [2.24, 2.45) is 0 Å². The molecule has 1 atom stereocenters. The highest BCUT2D eigenvalue weighted by Gasteiger charge is 2.19. The lowest BCUT2D eigenvalue weighted by Gasteiger charge is -2.18. The SMILES string of the molecule is CC/C=C\C/C=C\C/C=C\C/C=C\C/C=C\CCCC(=O)OC(COC(=O)CCCCCCCC/C=C\C/C=C\C/C=C\C/C=C\CC)COC(=O)CCCCCCCCCCCCCC. The summed E-state index contributed by atoms with van der Waals surface area (Å²) in [5, 5.41) is 0. The second kappa shape index (κ2) is 53.7. The van der Waals surface area contributed by atoms with Crippen molar-refractivity contribution in [1.82, 2.24) is 0 Å². The van der Waals surface area contributed by atoms with Gasteiger partial charge in [-0.15, -0.1) is 0 Å². The lowest BCUT2D eigenvalue weighted by molar-refractivity contribution is -0.167. The molecule has 0 rings (SSSR count). The quantitative estimate of drug-likeness (QED) is 0.0262. The molecule has 374 valence electrons. The predicted octanol–water partition coefficient (Wildman–Crippen LogP) is 17.9. The standard InChI is InChI=1S/C60H98O6/c1-4-7-10-13-16-19-22-25-27-29-30-32-33-35-38-41-44-47-50-53-59(62)65-56-57(55-64-58(61)52-49-46-43-40-37-24-21-18-15-12-9-6-3)66-60(63)54-51-48-45-42-39-36-34-31-28-26-23-20-17-14-11-8-5-2/h7-8,10-11,16-17,19-20,25-28,30,32,34,36,42,45,57H,4-6,9,12-15,18,21-24,29,31,33,35,37-41,43-44,46-56H2,1-3H3/b10-7-,11-8-,19-16-,20-17-,27-25-,28-26-,32-30-,36-34-,45-42-. The topological polar surface area (TPSA) is 78.9 Å². The van der Waals surface area contributed by atoms with E-state index in [0.29, 0.717) is 19.3 Å². The Hall–Kier alpha value is -3.93. The highest BCUT2D eigenvalue weighted by molar-refractivity contribution is 5.71. The Labute approximate surface area is 406 Å². The number of allylic oxidation sites excluding steroid dienone is 18. The predicted molar refractivity (Wildman–Crippen MR) is 283 cm³/mol. The second-order valence-electron chi connectivity index (χ2n) is 17.4. The van der Waals surface area contributed by atoms with E-state index in [1.807, 2.05) is 0 Å². The van der Waals surface area contributed by atoms with E-state index in [-0.39, 0.29) is 37.5 Å². The van der Waals surface area contributed by atoms with Crippen molar-refractivity contribution in [3.05, 3.63) is 109 Å². The minimum atomic E-state index is -0.814. The van der Waals surface area contributed by atoms with E-state index in [1.165, 1.54) is 70.6 Å². The van der Waals surface area contributed by atoms with E-state index in [2.05, 4.69) is 130 Å². The van der Waals surface area contributed by atoms with Crippen LogP contribution in [0.5, 0.6) is 0 Å². The molecule has 0 aromatic rings. The van der Waals surface area contributed by atoms with Crippen molar-refractivity contribution in [2.75, 3.05) is 13.2 Å². The molecule has 0 spiro atoms. The molecule has 1 unspecified atom stereocenters. The molecule has 0 saturated carbocycles. The summed E-state index contributed by atoms with van der Waals surface area (Å²) in [6.07, 6.45) is 72.2. The molecular weight excluding hydrogens is 817 g/mol. The van der Waals surface area contributed by atoms with Crippen molar-refractivity contribution in [3.63, 3.8) is 0 Å². The lowest BCUT2D eigenvalue weighted by atomic mass is 10.0. The van der Waals surface area contributed by atoms with Crippen LogP contribution in [0.1, 0.15) is 233 Å². The Morgan fingerprint density at radius 1 is 0.318 bits per heavy atom. The Kier molecular flexibility index (Phi) is 50.5. The fourth-order valence-electron chi connectivity index (χ4n) is 7.06. The number of ether oxygens (including phenoxy) is 3. The fourth-order valence-corrected chi connectivity index (χ4v) is 7.06. The molecule has 0 heterocycles. The summed E-state index contributed by atoms with van der Waals surface area (Å²) in [5.74, 6) is -0.981. The maximum atomic E-state index is 12.8. The molecule has 0 amide bonds. The van der Waals surface area contributed by atoms with Crippen LogP contribution in [0.25, 0.3) is 0 Å². The zero-order valence-corrected chi connectivity index (χ0v) is 42.7. The van der Waals surface area contributed by atoms with Gasteiger partial charge in [0.05, 0.1) is 0 Å². The number of rotatable bonds is 47. The molecule has 0 fully saturated rings. The molecule has 0 aromatic heterocycles. The van der Waals surface area contributed by atoms with Crippen molar-refractivity contribution < 1.29 is 28.6 Å². The van der Waals surface area contributed by atoms with E-state index in [0.717, 1.165) is 116 Å². The summed E-state index contributed by atoms with van der Waals surface area (Å²) >= 11 is 0. The first-order valence-corrected chi connectivity index (χ1v) is 26.9. The first kappa shape index (κ1) is 62.1. The van der Waals surface area contributed by atoms with Crippen LogP contribution in [0.4, 0.5) is 0 Å². The molecule has 0 aliphatic heterocycles. The van der Waals surface area contributed by atoms with Gasteiger partial charge in [0.2, 0.25) is 0 Å². The van der Waals surface area contributed by atoms with E-state index in [4.69, 9.17) is 14.2 Å². The van der Waals surface area contributed by atoms with Gasteiger partial charge in [0.25, 0.3) is 0 Å². The van der Waals surface area contributed by atoms with E-state index >= 15 is 0 Å². The lowest BCUT2D eigenvalue weighted by Crippen LogP contribution is -2.30. The Morgan fingerprint density at radius 3 is 0.970 bits per heavy atom. The minimum Gasteiger partial charge on any atom is -0.462 e. The largest absolute Gasteiger partial charge is 0.462 e. The van der Waals surface area contributed by atoms with Crippen LogP contribution in [-0.2, 0) is 28.6 Å². The molecule has 0 aliphatic carbocycles. The molecule has 0 bridgehead atoms. The van der Waals surface area contributed by atoms with Gasteiger partial charge in [-0.25, -0.2) is 0 Å². The van der Waals surface area contributed by atoms with Gasteiger partial charge in [0, 0.05) is 19.3 Å². The highest BCUT2D eigenvalue weighted by atomic mass is 16.6. The number of carbonyl (C=O) groups is 3. The maximum Gasteiger partial charge on any atom is 0.306 e. The number of hydrogen-bond acceptors (Lipinski definition) is 6. The number of esters is 3. The molecule has 66 heavy (non-hydrogen) atoms. The molecule has 0 aliphatic rings. The van der Waals surface area contributed by atoms with Crippen LogP contribution in [0.3, 0.4) is 0 Å². The molecule has 6 heteroatoms. The van der Waals surface area contributed by atoms with Gasteiger partial charge in [0.15, 0.2) is 6.10 Å². The van der Waals surface area contributed by atoms with E-state index in [9.17, 15) is 14.4 Å². The van der Waals surface area contributed by atoms with Gasteiger partial charge in [-0.2, -0.15) is 0 Å². The Balaban J connectivity index is 4.49. The van der Waals surface area contributed by atoms with Crippen molar-refractivity contribution >= 4 is 17.9 Å². The van der Waals surface area contributed by atoms with Crippen LogP contribution >= 0.6 is 0 Å². The Morgan fingerprint density at radius 2 is 0.606 bits per heavy atom. The molecule has 6 nitrogen and oxygen atoms in total. The summed E-state index contributed by atoms with van der Waals surface area (Å²) in [5.41, 5.74) is 0. The van der Waals surface area contributed by atoms with Crippen molar-refractivity contribution in [3.8, 4) is 0 Å². The van der Waals surface area contributed by atoms with E-state index < -0.39 is 6.10 Å². The summed E-state index contributed by atoms with van der Waals surface area (Å²) in [4.78, 5) is 38.0. The van der Waals surface area contributed by atoms with Crippen LogP contribution in [-0.4, -0.2) is 37.2 Å². The fraction of sp³-hybridized carbons (Fsp3) is 0.650. The van der Waals surface area contributed by atoms with Gasteiger partial charge in [-0.3, -0.25) is 14.4 Å². The first-order chi connectivity index (χ1) is 32.5. The van der Waals surface area contributed by atoms with Crippen molar-refractivity contribution in [2.45, 2.75) is 239 Å². The summed E-state index contributed by atoms with van der Waals surface area (Å²) in [6.45, 7) is 6.34. The van der Waals surface area contributed by atoms with E-state index in [1.54, 1.807) is 0 Å². The number of unbranched alkanes of at least 4 members (excludes halogenated alkanes) is 18. The molecule has 0 radical (unpaired) electrons. The third-order valence-electron chi connectivity index (χ3n) is 11.0. The van der Waals surface area contributed by atoms with Gasteiger partial charge >= 0.3 is 17.9 Å². The number of hydrogen-bond donors (Lipinski definition) is 0. The second-order valence-corrected chi connectivity index (χ2v) is 17.4. The smallest absolute Gasteiger partial charge is 0.306 e. The van der Waals surface area contributed by atoms with Gasteiger partial charge in [0.1, 0.15) is 13.2 Å². The highest BCUT2D eigenvalue weighted by Crippen LogP contribution is 2.14.